The molecular weight excluding hydrogens is 496 g/mol. The molecule has 1 heterocycles. The monoisotopic (exact) mass is 526 g/mol. The Bertz CT molecular complexity index is 1220. The van der Waals surface area contributed by atoms with Crippen molar-refractivity contribution in [1.82, 2.24) is 9.78 Å². The summed E-state index contributed by atoms with van der Waals surface area (Å²) in [4.78, 5) is 12.1. The number of carboxylic acid groups (broad SMARTS) is 1. The highest BCUT2D eigenvalue weighted by molar-refractivity contribution is 9.10. The number of halogens is 1. The van der Waals surface area contributed by atoms with E-state index in [1.165, 1.54) is 11.1 Å². The smallest absolute Gasteiger partial charge is 0.336 e. The molecule has 4 aliphatic carbocycles. The minimum atomic E-state index is -1.76. The van der Waals surface area contributed by atoms with Gasteiger partial charge >= 0.3 is 5.97 Å². The van der Waals surface area contributed by atoms with Gasteiger partial charge in [0.05, 0.1) is 23.7 Å². The van der Waals surface area contributed by atoms with Crippen molar-refractivity contribution in [3.63, 3.8) is 0 Å². The van der Waals surface area contributed by atoms with Crippen LogP contribution in [0.25, 0.3) is 11.8 Å². The summed E-state index contributed by atoms with van der Waals surface area (Å²) >= 11 is 3.56. The summed E-state index contributed by atoms with van der Waals surface area (Å²) in [6, 6.07) is 8.12. The van der Waals surface area contributed by atoms with Crippen LogP contribution < -0.4 is 0 Å². The molecule has 0 bridgehead atoms. The molecule has 6 rings (SSSR count). The lowest BCUT2D eigenvalue weighted by molar-refractivity contribution is -0.193. The number of carboxylic acids is 1. The molecule has 0 radical (unpaired) electrons. The molecule has 180 valence electrons. The summed E-state index contributed by atoms with van der Waals surface area (Å²) in [5.74, 6) is -0.797. The number of rotatable bonds is 2. The van der Waals surface area contributed by atoms with E-state index in [0.29, 0.717) is 12.8 Å². The van der Waals surface area contributed by atoms with Gasteiger partial charge in [0.1, 0.15) is 0 Å². The van der Waals surface area contributed by atoms with Gasteiger partial charge in [-0.1, -0.05) is 41.4 Å². The van der Waals surface area contributed by atoms with E-state index in [1.54, 1.807) is 0 Å². The predicted molar refractivity (Wildman–Crippen MR) is 131 cm³/mol. The van der Waals surface area contributed by atoms with Crippen LogP contribution in [0, 0.1) is 28.6 Å². The topological polar surface area (TPSA) is 95.6 Å². The van der Waals surface area contributed by atoms with E-state index in [1.807, 2.05) is 29.9 Å². The first-order valence-corrected chi connectivity index (χ1v) is 13.1. The SMILES string of the molecule is C[C@]12Cc3cnn(-c4cccc(Br)c4)c3C=C1CCC1C2[C@@H](O)C[C@@]2(C)C1CC[C@]2(O)C(=O)O. The van der Waals surface area contributed by atoms with E-state index in [9.17, 15) is 20.1 Å². The minimum absolute atomic E-state index is 0.0455. The molecule has 4 aliphatic rings. The number of hydrogen-bond donors (Lipinski definition) is 3. The number of fused-ring (bicyclic) bond motifs is 6. The van der Waals surface area contributed by atoms with Gasteiger partial charge in [-0.05, 0) is 91.5 Å². The number of aliphatic hydroxyl groups excluding tert-OH is 1. The van der Waals surface area contributed by atoms with Gasteiger partial charge in [-0.25, -0.2) is 9.48 Å². The van der Waals surface area contributed by atoms with Crippen LogP contribution >= 0.6 is 15.9 Å². The molecule has 1 aromatic carbocycles. The van der Waals surface area contributed by atoms with Gasteiger partial charge in [-0.15, -0.1) is 0 Å². The van der Waals surface area contributed by atoms with Crippen molar-refractivity contribution in [2.24, 2.45) is 28.6 Å². The Balaban J connectivity index is 1.39. The molecule has 0 amide bonds. The number of allylic oxidation sites excluding steroid dienone is 1. The molecule has 0 spiro atoms. The molecule has 3 N–H and O–H groups in total. The first-order chi connectivity index (χ1) is 16.1. The molecule has 7 atom stereocenters. The zero-order valence-corrected chi connectivity index (χ0v) is 21.1. The fraction of sp³-hybridized carbons (Fsp3) is 0.556. The van der Waals surface area contributed by atoms with Gasteiger partial charge in [0.25, 0.3) is 0 Å². The fourth-order valence-electron chi connectivity index (χ4n) is 8.35. The van der Waals surface area contributed by atoms with Gasteiger partial charge in [0, 0.05) is 9.89 Å². The Morgan fingerprint density at radius 2 is 2.06 bits per heavy atom. The number of nitrogens with zero attached hydrogens (tertiary/aromatic N) is 2. The number of aliphatic hydroxyl groups is 2. The number of aliphatic carboxylic acids is 1. The highest BCUT2D eigenvalue weighted by atomic mass is 79.9. The maximum Gasteiger partial charge on any atom is 0.336 e. The Labute approximate surface area is 207 Å². The third-order valence-electron chi connectivity index (χ3n) is 9.98. The largest absolute Gasteiger partial charge is 0.479 e. The van der Waals surface area contributed by atoms with Crippen LogP contribution in [-0.4, -0.2) is 42.8 Å². The highest BCUT2D eigenvalue weighted by Crippen LogP contribution is 2.67. The molecule has 2 aromatic rings. The molecule has 0 saturated heterocycles. The van der Waals surface area contributed by atoms with Crippen LogP contribution in [0.2, 0.25) is 0 Å². The molecule has 3 fully saturated rings. The molecule has 34 heavy (non-hydrogen) atoms. The Kier molecular flexibility index (Phi) is 4.82. The van der Waals surface area contributed by atoms with Crippen LogP contribution in [-0.2, 0) is 11.2 Å². The molecule has 6 nitrogen and oxygen atoms in total. The summed E-state index contributed by atoms with van der Waals surface area (Å²) in [5.41, 5.74) is 1.89. The van der Waals surface area contributed by atoms with Crippen molar-refractivity contribution in [2.75, 3.05) is 0 Å². The Morgan fingerprint density at radius 3 is 2.79 bits per heavy atom. The van der Waals surface area contributed by atoms with E-state index in [-0.39, 0.29) is 29.6 Å². The van der Waals surface area contributed by atoms with E-state index in [4.69, 9.17) is 5.10 Å². The van der Waals surface area contributed by atoms with Gasteiger partial charge in [-0.3, -0.25) is 0 Å². The van der Waals surface area contributed by atoms with Gasteiger partial charge in [0.15, 0.2) is 5.60 Å². The molecule has 0 aliphatic heterocycles. The van der Waals surface area contributed by atoms with E-state index >= 15 is 0 Å². The summed E-state index contributed by atoms with van der Waals surface area (Å²) < 4.78 is 3.01. The summed E-state index contributed by atoms with van der Waals surface area (Å²) in [5, 5.41) is 37.3. The molecule has 3 saturated carbocycles. The number of hydrogen-bond acceptors (Lipinski definition) is 4. The first-order valence-electron chi connectivity index (χ1n) is 12.3. The average molecular weight is 527 g/mol. The third kappa shape index (κ3) is 2.80. The first kappa shape index (κ1) is 22.5. The van der Waals surface area contributed by atoms with Gasteiger partial charge in [-0.2, -0.15) is 5.10 Å². The Morgan fingerprint density at radius 1 is 1.26 bits per heavy atom. The lowest BCUT2D eigenvalue weighted by Crippen LogP contribution is -2.61. The summed E-state index contributed by atoms with van der Waals surface area (Å²) in [7, 11) is 0. The number of aromatic nitrogens is 2. The maximum absolute atomic E-state index is 12.1. The van der Waals surface area contributed by atoms with Crippen LogP contribution in [0.3, 0.4) is 0 Å². The van der Waals surface area contributed by atoms with Crippen molar-refractivity contribution >= 4 is 28.0 Å². The highest BCUT2D eigenvalue weighted by Gasteiger charge is 2.68. The van der Waals surface area contributed by atoms with Crippen molar-refractivity contribution in [3.8, 4) is 5.69 Å². The lowest BCUT2D eigenvalue weighted by Gasteiger charge is -2.60. The average Bonchev–Trinajstić information content (AvgIpc) is 3.29. The standard InChI is InChI=1S/C27H31BrN2O4/c1-25-12-15-14-29-30(18-5-3-4-17(28)11-18)21(15)10-16(25)6-7-19-20-8-9-27(34,24(32)33)26(20,2)13-22(31)23(19)25/h3-5,10-11,14,19-20,22-23,31,34H,6-9,12-13H2,1-2H3,(H,32,33)/t19?,20?,22-,23?,25-,26-,27-/m0/s1. The second-order valence-electron chi connectivity index (χ2n) is 11.4. The molecule has 3 unspecified atom stereocenters. The van der Waals surface area contributed by atoms with Crippen molar-refractivity contribution in [1.29, 1.82) is 0 Å². The van der Waals surface area contributed by atoms with Crippen molar-refractivity contribution in [3.05, 3.63) is 51.8 Å². The summed E-state index contributed by atoms with van der Waals surface area (Å²) in [6.07, 6.45) is 7.54. The van der Waals surface area contributed by atoms with Crippen LogP contribution in [0.15, 0.2) is 40.5 Å². The fourth-order valence-corrected chi connectivity index (χ4v) is 8.74. The van der Waals surface area contributed by atoms with Crippen LogP contribution in [0.4, 0.5) is 0 Å². The van der Waals surface area contributed by atoms with Crippen molar-refractivity contribution < 1.29 is 20.1 Å². The normalized spacial score (nSPS) is 40.6. The zero-order valence-electron chi connectivity index (χ0n) is 19.5. The second-order valence-corrected chi connectivity index (χ2v) is 12.4. The van der Waals surface area contributed by atoms with E-state index < -0.39 is 23.1 Å². The lowest BCUT2D eigenvalue weighted by atomic mass is 9.45. The molecule has 1 aromatic heterocycles. The third-order valence-corrected chi connectivity index (χ3v) is 10.5. The van der Waals surface area contributed by atoms with Crippen LogP contribution in [0.5, 0.6) is 0 Å². The number of carbonyl (C=O) groups is 1. The van der Waals surface area contributed by atoms with Crippen LogP contribution in [0.1, 0.15) is 57.2 Å². The predicted octanol–water partition coefficient (Wildman–Crippen LogP) is 4.60. The maximum atomic E-state index is 12.1. The number of benzene rings is 1. The van der Waals surface area contributed by atoms with E-state index in [0.717, 1.165) is 35.1 Å². The second kappa shape index (κ2) is 7.28. The van der Waals surface area contributed by atoms with Crippen molar-refractivity contribution in [2.45, 2.75) is 64.1 Å². The Hall–Kier alpha value is -1.96. The quantitative estimate of drug-likeness (QED) is 0.531. The van der Waals surface area contributed by atoms with Gasteiger partial charge in [0.2, 0.25) is 0 Å². The van der Waals surface area contributed by atoms with Gasteiger partial charge < -0.3 is 15.3 Å². The van der Waals surface area contributed by atoms with E-state index in [2.05, 4.69) is 41.1 Å². The molecular formula is C27H31BrN2O4. The molecule has 7 heteroatoms. The zero-order chi connectivity index (χ0) is 24.0. The summed E-state index contributed by atoms with van der Waals surface area (Å²) in [6.45, 7) is 4.17. The minimum Gasteiger partial charge on any atom is -0.479 e.